The average Bonchev–Trinajstić information content (AvgIpc) is 3.04. The standard InChI is InChI=1S/C16H15ClFN5O3/c1-8(14(24)20-11-5-4-9(18)6-10(11)17)23-7-19-13-12(23)15(25)22(3)16(26)21(13)2/h4-8H,1-3H3,(H,20,24). The summed E-state index contributed by atoms with van der Waals surface area (Å²) >= 11 is 5.92. The van der Waals surface area contributed by atoms with E-state index in [0.717, 1.165) is 10.6 Å². The number of anilines is 1. The lowest BCUT2D eigenvalue weighted by molar-refractivity contribution is -0.118. The minimum absolute atomic E-state index is 0.0550. The number of fused-ring (bicyclic) bond motifs is 1. The molecule has 26 heavy (non-hydrogen) atoms. The first-order valence-electron chi connectivity index (χ1n) is 7.61. The van der Waals surface area contributed by atoms with Gasteiger partial charge >= 0.3 is 5.69 Å². The van der Waals surface area contributed by atoms with Crippen LogP contribution in [0.4, 0.5) is 10.1 Å². The molecule has 1 unspecified atom stereocenters. The van der Waals surface area contributed by atoms with Gasteiger partial charge in [-0.05, 0) is 25.1 Å². The summed E-state index contributed by atoms with van der Waals surface area (Å²) < 4.78 is 16.7. The van der Waals surface area contributed by atoms with E-state index in [1.54, 1.807) is 6.92 Å². The van der Waals surface area contributed by atoms with Crippen molar-refractivity contribution in [3.8, 4) is 0 Å². The summed E-state index contributed by atoms with van der Waals surface area (Å²) in [6.45, 7) is 1.57. The fourth-order valence-corrected chi connectivity index (χ4v) is 2.83. The summed E-state index contributed by atoms with van der Waals surface area (Å²) in [7, 11) is 2.84. The normalized spacial score (nSPS) is 12.3. The number of imidazole rings is 1. The lowest BCUT2D eigenvalue weighted by Crippen LogP contribution is -2.38. The van der Waals surface area contributed by atoms with Crippen molar-refractivity contribution in [1.82, 2.24) is 18.7 Å². The monoisotopic (exact) mass is 379 g/mol. The average molecular weight is 380 g/mol. The summed E-state index contributed by atoms with van der Waals surface area (Å²) in [5.41, 5.74) is -0.516. The van der Waals surface area contributed by atoms with Gasteiger partial charge in [0.2, 0.25) is 5.91 Å². The summed E-state index contributed by atoms with van der Waals surface area (Å²) in [5, 5.41) is 2.64. The minimum Gasteiger partial charge on any atom is -0.323 e. The van der Waals surface area contributed by atoms with Gasteiger partial charge < -0.3 is 9.88 Å². The largest absolute Gasteiger partial charge is 0.332 e. The molecule has 0 saturated carbocycles. The molecule has 1 amide bonds. The highest BCUT2D eigenvalue weighted by Crippen LogP contribution is 2.24. The van der Waals surface area contributed by atoms with E-state index in [0.29, 0.717) is 0 Å². The molecule has 0 aliphatic carbocycles. The van der Waals surface area contributed by atoms with Crippen LogP contribution >= 0.6 is 11.6 Å². The van der Waals surface area contributed by atoms with E-state index < -0.39 is 29.0 Å². The highest BCUT2D eigenvalue weighted by molar-refractivity contribution is 6.33. The zero-order valence-corrected chi connectivity index (χ0v) is 14.9. The number of aromatic nitrogens is 4. The molecule has 0 saturated heterocycles. The van der Waals surface area contributed by atoms with Crippen LogP contribution in [0.15, 0.2) is 34.1 Å². The number of benzene rings is 1. The summed E-state index contributed by atoms with van der Waals surface area (Å²) in [6.07, 6.45) is 1.32. The Hall–Kier alpha value is -2.94. The Morgan fingerprint density at radius 1 is 1.27 bits per heavy atom. The van der Waals surface area contributed by atoms with Crippen molar-refractivity contribution < 1.29 is 9.18 Å². The van der Waals surface area contributed by atoms with Gasteiger partial charge in [0.05, 0.1) is 17.0 Å². The lowest BCUT2D eigenvalue weighted by atomic mass is 10.2. The molecule has 0 radical (unpaired) electrons. The number of halogens is 2. The number of amides is 1. The third-order valence-electron chi connectivity index (χ3n) is 4.16. The Morgan fingerprint density at radius 3 is 2.62 bits per heavy atom. The highest BCUT2D eigenvalue weighted by atomic mass is 35.5. The van der Waals surface area contributed by atoms with Crippen molar-refractivity contribution in [1.29, 1.82) is 0 Å². The molecule has 2 heterocycles. The Labute approximate surface area is 151 Å². The molecule has 0 aliphatic heterocycles. The molecular formula is C16H15ClFN5O3. The van der Waals surface area contributed by atoms with Gasteiger partial charge in [0.1, 0.15) is 11.9 Å². The number of nitrogens with zero attached hydrogens (tertiary/aromatic N) is 4. The maximum absolute atomic E-state index is 13.1. The van der Waals surface area contributed by atoms with Gasteiger partial charge in [-0.3, -0.25) is 18.7 Å². The predicted molar refractivity (Wildman–Crippen MR) is 95.0 cm³/mol. The third kappa shape index (κ3) is 2.80. The van der Waals surface area contributed by atoms with E-state index in [1.807, 2.05) is 0 Å². The first-order chi connectivity index (χ1) is 12.2. The van der Waals surface area contributed by atoms with E-state index in [9.17, 15) is 18.8 Å². The Morgan fingerprint density at radius 2 is 1.96 bits per heavy atom. The first kappa shape index (κ1) is 17.9. The molecule has 1 N–H and O–H groups in total. The maximum atomic E-state index is 13.1. The van der Waals surface area contributed by atoms with Crippen LogP contribution in [0.25, 0.3) is 11.2 Å². The molecule has 3 rings (SSSR count). The van der Waals surface area contributed by atoms with Gasteiger partial charge in [-0.15, -0.1) is 0 Å². The maximum Gasteiger partial charge on any atom is 0.332 e. The second-order valence-corrected chi connectivity index (χ2v) is 6.23. The van der Waals surface area contributed by atoms with Crippen molar-refractivity contribution >= 4 is 34.4 Å². The number of carbonyl (C=O) groups excluding carboxylic acids is 1. The summed E-state index contributed by atoms with van der Waals surface area (Å²) in [6, 6.07) is 2.77. The van der Waals surface area contributed by atoms with Crippen LogP contribution in [0.1, 0.15) is 13.0 Å². The summed E-state index contributed by atoms with van der Waals surface area (Å²) in [5.74, 6) is -1.00. The van der Waals surface area contributed by atoms with E-state index in [2.05, 4.69) is 10.3 Å². The quantitative estimate of drug-likeness (QED) is 0.745. The second-order valence-electron chi connectivity index (χ2n) is 5.82. The molecular weight excluding hydrogens is 365 g/mol. The zero-order chi connectivity index (χ0) is 19.2. The molecule has 0 bridgehead atoms. The van der Waals surface area contributed by atoms with Gasteiger partial charge in [0, 0.05) is 14.1 Å². The van der Waals surface area contributed by atoms with Gasteiger partial charge in [0.25, 0.3) is 5.56 Å². The topological polar surface area (TPSA) is 90.9 Å². The van der Waals surface area contributed by atoms with E-state index >= 15 is 0 Å². The second kappa shape index (κ2) is 6.41. The van der Waals surface area contributed by atoms with Gasteiger partial charge in [-0.2, -0.15) is 0 Å². The molecule has 8 nitrogen and oxygen atoms in total. The molecule has 1 atom stereocenters. The molecule has 0 spiro atoms. The van der Waals surface area contributed by atoms with Crippen LogP contribution < -0.4 is 16.6 Å². The molecule has 0 aliphatic rings. The third-order valence-corrected chi connectivity index (χ3v) is 4.47. The first-order valence-corrected chi connectivity index (χ1v) is 7.98. The Bertz CT molecular complexity index is 1150. The fourth-order valence-electron chi connectivity index (χ4n) is 2.61. The summed E-state index contributed by atoms with van der Waals surface area (Å²) in [4.78, 5) is 41.1. The number of nitrogens with one attached hydrogen (secondary N) is 1. The smallest absolute Gasteiger partial charge is 0.323 e. The van der Waals surface area contributed by atoms with E-state index in [4.69, 9.17) is 11.6 Å². The zero-order valence-electron chi connectivity index (χ0n) is 14.2. The minimum atomic E-state index is -0.827. The van der Waals surface area contributed by atoms with Gasteiger partial charge in [0.15, 0.2) is 11.2 Å². The number of carbonyl (C=O) groups is 1. The lowest BCUT2D eigenvalue weighted by Gasteiger charge is -2.15. The van der Waals surface area contributed by atoms with Crippen LogP contribution in [0.5, 0.6) is 0 Å². The number of hydrogen-bond donors (Lipinski definition) is 1. The number of rotatable bonds is 3. The van der Waals surface area contributed by atoms with Gasteiger partial charge in [-0.1, -0.05) is 11.6 Å². The van der Waals surface area contributed by atoms with E-state index in [-0.39, 0.29) is 21.9 Å². The molecule has 136 valence electrons. The number of aryl methyl sites for hydroxylation is 1. The van der Waals surface area contributed by atoms with Crippen molar-refractivity contribution in [3.05, 3.63) is 56.2 Å². The molecule has 10 heteroatoms. The van der Waals surface area contributed by atoms with E-state index in [1.165, 1.54) is 41.7 Å². The molecule has 3 aromatic rings. The Balaban J connectivity index is 2.02. The van der Waals surface area contributed by atoms with Crippen molar-refractivity contribution in [2.45, 2.75) is 13.0 Å². The van der Waals surface area contributed by atoms with Gasteiger partial charge in [-0.25, -0.2) is 14.2 Å². The van der Waals surface area contributed by atoms with Crippen LogP contribution in [0.3, 0.4) is 0 Å². The fraction of sp³-hybridized carbons (Fsp3) is 0.250. The SMILES string of the molecule is CC(C(=O)Nc1ccc(F)cc1Cl)n1cnc2c1c(=O)n(C)c(=O)n2C. The Kier molecular flexibility index (Phi) is 4.41. The predicted octanol–water partition coefficient (Wildman–Crippen LogP) is 1.43. The van der Waals surface area contributed by atoms with Crippen LogP contribution in [0, 0.1) is 5.82 Å². The van der Waals surface area contributed by atoms with Crippen molar-refractivity contribution in [2.24, 2.45) is 14.1 Å². The molecule has 2 aromatic heterocycles. The van der Waals surface area contributed by atoms with Crippen molar-refractivity contribution in [3.63, 3.8) is 0 Å². The highest BCUT2D eigenvalue weighted by Gasteiger charge is 2.22. The van der Waals surface area contributed by atoms with Crippen LogP contribution in [-0.2, 0) is 18.9 Å². The van der Waals surface area contributed by atoms with Crippen LogP contribution in [0.2, 0.25) is 5.02 Å². The molecule has 0 fully saturated rings. The van der Waals surface area contributed by atoms with Crippen LogP contribution in [-0.4, -0.2) is 24.6 Å². The number of hydrogen-bond acceptors (Lipinski definition) is 4. The molecule has 1 aromatic carbocycles. The van der Waals surface area contributed by atoms with Crippen molar-refractivity contribution in [2.75, 3.05) is 5.32 Å².